The number of halogens is 3. The Morgan fingerprint density at radius 3 is 2.54 bits per heavy atom. The Labute approximate surface area is 265 Å². The minimum absolute atomic E-state index is 0.0111. The van der Waals surface area contributed by atoms with E-state index in [0.717, 1.165) is 16.7 Å². The van der Waals surface area contributed by atoms with Crippen LogP contribution in [-0.2, 0) is 20.4 Å². The Balaban J connectivity index is 1.56. The van der Waals surface area contributed by atoms with Crippen molar-refractivity contribution in [1.82, 2.24) is 36.0 Å². The Hall–Kier alpha value is -4.84. The number of amides is 5. The minimum Gasteiger partial charge on any atom is -0.444 e. The third kappa shape index (κ3) is 8.66. The van der Waals surface area contributed by atoms with Crippen molar-refractivity contribution in [2.75, 3.05) is 31.6 Å². The van der Waals surface area contributed by atoms with E-state index < -0.39 is 47.5 Å². The monoisotopic (exact) mass is 664 g/mol. The van der Waals surface area contributed by atoms with E-state index in [1.165, 1.54) is 35.5 Å². The molecule has 3 aromatic heterocycles. The van der Waals surface area contributed by atoms with E-state index >= 15 is 0 Å². The average Bonchev–Trinajstić information content (AvgIpc) is 3.50. The summed E-state index contributed by atoms with van der Waals surface area (Å²) in [4.78, 5) is 63.8. The number of hydrogen-bond donors (Lipinski definition) is 4. The van der Waals surface area contributed by atoms with Crippen LogP contribution in [0.4, 0.5) is 28.6 Å². The third-order valence-electron chi connectivity index (χ3n) is 6.17. The summed E-state index contributed by atoms with van der Waals surface area (Å²) in [5.74, 6) is -1.51. The van der Waals surface area contributed by atoms with Crippen molar-refractivity contribution in [2.24, 2.45) is 0 Å². The van der Waals surface area contributed by atoms with E-state index in [9.17, 15) is 32.3 Å². The summed E-state index contributed by atoms with van der Waals surface area (Å²) in [5, 5.41) is 5.90. The van der Waals surface area contributed by atoms with Gasteiger partial charge in [-0.2, -0.15) is 13.2 Å². The highest BCUT2D eigenvalue weighted by atomic mass is 32.1. The molecule has 0 spiro atoms. The lowest BCUT2D eigenvalue weighted by molar-refractivity contribution is -0.140. The lowest BCUT2D eigenvalue weighted by Crippen LogP contribution is -2.59. The number of ether oxygens (including phenoxy) is 2. The van der Waals surface area contributed by atoms with Gasteiger partial charge in [-0.05, 0) is 51.5 Å². The fraction of sp³-hybridized carbons (Fsp3) is 0.393. The number of morpholine rings is 1. The highest BCUT2D eigenvalue weighted by Gasteiger charge is 2.36. The number of nitrogens with one attached hydrogen (secondary N) is 4. The van der Waals surface area contributed by atoms with Gasteiger partial charge in [0.25, 0.3) is 11.8 Å². The SMILES string of the molecule is CCNC(=O)Nc1cc(-c2nc(C(F)(F)F)cs2)c(-c2ccnc(C(=O)NNC(=O)C3COCCN3C(=O)OC(C)(C)C)c2)cn1. The second-order valence-corrected chi connectivity index (χ2v) is 11.6. The van der Waals surface area contributed by atoms with E-state index in [0.29, 0.717) is 12.1 Å². The van der Waals surface area contributed by atoms with E-state index in [-0.39, 0.29) is 47.4 Å². The van der Waals surface area contributed by atoms with Gasteiger partial charge >= 0.3 is 18.3 Å². The zero-order chi connectivity index (χ0) is 33.6. The topological polar surface area (TPSA) is 177 Å². The molecule has 0 aliphatic carbocycles. The number of urea groups is 1. The van der Waals surface area contributed by atoms with Crippen LogP contribution in [0.15, 0.2) is 36.0 Å². The molecule has 246 valence electrons. The highest BCUT2D eigenvalue weighted by molar-refractivity contribution is 7.13. The first-order valence-corrected chi connectivity index (χ1v) is 14.8. The number of anilines is 1. The number of nitrogens with zero attached hydrogens (tertiary/aromatic N) is 4. The Morgan fingerprint density at radius 2 is 1.87 bits per heavy atom. The molecule has 4 heterocycles. The molecule has 1 aliphatic heterocycles. The van der Waals surface area contributed by atoms with Crippen LogP contribution in [0.3, 0.4) is 0 Å². The molecule has 18 heteroatoms. The summed E-state index contributed by atoms with van der Waals surface area (Å²) >= 11 is 0.740. The summed E-state index contributed by atoms with van der Waals surface area (Å²) in [6, 6.07) is 2.56. The maximum absolute atomic E-state index is 13.3. The van der Waals surface area contributed by atoms with Gasteiger partial charge < -0.3 is 14.8 Å². The molecular weight excluding hydrogens is 633 g/mol. The van der Waals surface area contributed by atoms with Crippen LogP contribution in [0.1, 0.15) is 43.9 Å². The lowest BCUT2D eigenvalue weighted by atomic mass is 10.0. The fourth-order valence-corrected chi connectivity index (χ4v) is 4.98. The molecule has 3 aromatic rings. The molecule has 46 heavy (non-hydrogen) atoms. The summed E-state index contributed by atoms with van der Waals surface area (Å²) < 4.78 is 50.7. The van der Waals surface area contributed by atoms with Crippen molar-refractivity contribution in [1.29, 1.82) is 0 Å². The molecule has 0 bridgehead atoms. The fourth-order valence-electron chi connectivity index (χ4n) is 4.13. The molecule has 5 amide bonds. The van der Waals surface area contributed by atoms with Gasteiger partial charge in [0, 0.05) is 42.0 Å². The van der Waals surface area contributed by atoms with Crippen LogP contribution in [0, 0.1) is 0 Å². The van der Waals surface area contributed by atoms with E-state index in [1.54, 1.807) is 27.7 Å². The van der Waals surface area contributed by atoms with Gasteiger partial charge in [0.2, 0.25) is 0 Å². The predicted molar refractivity (Wildman–Crippen MR) is 159 cm³/mol. The number of thiazole rings is 1. The quantitative estimate of drug-likeness (QED) is 0.285. The summed E-state index contributed by atoms with van der Waals surface area (Å²) in [5.41, 5.74) is 3.30. The highest BCUT2D eigenvalue weighted by Crippen LogP contribution is 2.38. The Morgan fingerprint density at radius 1 is 1.11 bits per heavy atom. The van der Waals surface area contributed by atoms with Crippen LogP contribution < -0.4 is 21.5 Å². The number of pyridine rings is 2. The van der Waals surface area contributed by atoms with Crippen LogP contribution >= 0.6 is 11.3 Å². The van der Waals surface area contributed by atoms with Gasteiger partial charge in [-0.25, -0.2) is 19.6 Å². The van der Waals surface area contributed by atoms with E-state index in [2.05, 4.69) is 36.4 Å². The van der Waals surface area contributed by atoms with Crippen molar-refractivity contribution in [3.63, 3.8) is 0 Å². The van der Waals surface area contributed by atoms with Gasteiger partial charge in [0.05, 0.1) is 13.2 Å². The van der Waals surface area contributed by atoms with Crippen molar-refractivity contribution in [3.05, 3.63) is 47.4 Å². The number of rotatable bonds is 6. The molecule has 1 unspecified atom stereocenters. The Bertz CT molecular complexity index is 1610. The number of carbonyl (C=O) groups is 4. The first-order valence-electron chi connectivity index (χ1n) is 13.9. The maximum atomic E-state index is 13.3. The molecule has 0 aromatic carbocycles. The molecule has 1 saturated heterocycles. The van der Waals surface area contributed by atoms with Crippen LogP contribution in [0.5, 0.6) is 0 Å². The van der Waals surface area contributed by atoms with E-state index in [4.69, 9.17) is 9.47 Å². The lowest BCUT2D eigenvalue weighted by Gasteiger charge is -2.35. The number of hydrazine groups is 1. The first-order chi connectivity index (χ1) is 21.7. The summed E-state index contributed by atoms with van der Waals surface area (Å²) in [6.07, 6.45) is -2.78. The van der Waals surface area contributed by atoms with Gasteiger partial charge in [0.1, 0.15) is 28.2 Å². The zero-order valence-corrected chi connectivity index (χ0v) is 26.0. The van der Waals surface area contributed by atoms with Gasteiger partial charge in [-0.3, -0.25) is 35.6 Å². The zero-order valence-electron chi connectivity index (χ0n) is 25.2. The third-order valence-corrected chi connectivity index (χ3v) is 7.05. The van der Waals surface area contributed by atoms with Gasteiger partial charge in [-0.15, -0.1) is 11.3 Å². The summed E-state index contributed by atoms with van der Waals surface area (Å²) in [6.45, 7) is 7.28. The van der Waals surface area contributed by atoms with Crippen LogP contribution in [-0.4, -0.2) is 81.7 Å². The largest absolute Gasteiger partial charge is 0.444 e. The van der Waals surface area contributed by atoms with Crippen LogP contribution in [0.2, 0.25) is 0 Å². The first kappa shape index (κ1) is 34.0. The number of carbonyl (C=O) groups excluding carboxylic acids is 4. The number of hydrogen-bond acceptors (Lipinski definition) is 10. The molecule has 1 atom stereocenters. The Kier molecular flexibility index (Phi) is 10.4. The molecule has 1 aliphatic rings. The van der Waals surface area contributed by atoms with E-state index in [1.807, 2.05) is 0 Å². The molecule has 4 N–H and O–H groups in total. The normalized spacial score (nSPS) is 15.1. The van der Waals surface area contributed by atoms with Gasteiger partial charge in [-0.1, -0.05) is 0 Å². The average molecular weight is 665 g/mol. The molecule has 1 fully saturated rings. The molecule has 14 nitrogen and oxygen atoms in total. The second-order valence-electron chi connectivity index (χ2n) is 10.8. The predicted octanol–water partition coefficient (Wildman–Crippen LogP) is 3.82. The number of alkyl halides is 3. The van der Waals surface area contributed by atoms with Crippen molar-refractivity contribution >= 4 is 41.1 Å². The van der Waals surface area contributed by atoms with Crippen molar-refractivity contribution in [3.8, 4) is 21.7 Å². The summed E-state index contributed by atoms with van der Waals surface area (Å²) in [7, 11) is 0. The minimum atomic E-state index is -4.68. The van der Waals surface area contributed by atoms with Gasteiger partial charge in [0.15, 0.2) is 5.69 Å². The smallest absolute Gasteiger partial charge is 0.434 e. The maximum Gasteiger partial charge on any atom is 0.434 e. The molecular formula is C28H31F3N8O6S. The van der Waals surface area contributed by atoms with Crippen molar-refractivity contribution < 1.29 is 41.8 Å². The van der Waals surface area contributed by atoms with Crippen LogP contribution in [0.25, 0.3) is 21.7 Å². The molecule has 0 radical (unpaired) electrons. The standard InChI is InChI=1S/C28H31F3N8O6S/c1-5-32-25(42)36-21-11-16(24-35-20(14-46-24)28(29,30)31)17(12-34-21)15-6-7-33-18(10-15)22(40)37-38-23(41)19-13-44-9-8-39(19)26(43)45-27(2,3)4/h6-7,10-12,14,19H,5,8-9,13H2,1-4H3,(H,37,40)(H,38,41)(H2,32,34,36,42). The number of aromatic nitrogens is 3. The molecule has 4 rings (SSSR count). The second kappa shape index (κ2) is 14.1. The molecule has 0 saturated carbocycles. The van der Waals surface area contributed by atoms with Crippen molar-refractivity contribution in [2.45, 2.75) is 45.5 Å².